The normalized spacial score (nSPS) is 12.5. The van der Waals surface area contributed by atoms with Crippen molar-refractivity contribution in [1.82, 2.24) is 15.0 Å². The highest BCUT2D eigenvalue weighted by Crippen LogP contribution is 2.23. The molecular weight excluding hydrogens is 216 g/mol. The number of anilines is 1. The lowest BCUT2D eigenvalue weighted by Crippen LogP contribution is -2.11. The lowest BCUT2D eigenvalue weighted by molar-refractivity contribution is 0.210. The van der Waals surface area contributed by atoms with Crippen LogP contribution in [0.3, 0.4) is 0 Å². The van der Waals surface area contributed by atoms with E-state index in [4.69, 9.17) is 0 Å². The van der Waals surface area contributed by atoms with Gasteiger partial charge in [-0.05, 0) is 17.7 Å². The van der Waals surface area contributed by atoms with Gasteiger partial charge in [-0.1, -0.05) is 17.3 Å². The van der Waals surface area contributed by atoms with E-state index < -0.39 is 6.10 Å². The van der Waals surface area contributed by atoms with E-state index in [1.165, 1.54) is 0 Å². The fourth-order valence-electron chi connectivity index (χ4n) is 1.69. The average Bonchev–Trinajstić information content (AvgIpc) is 2.74. The second-order valence-electron chi connectivity index (χ2n) is 4.17. The predicted octanol–water partition coefficient (Wildman–Crippen LogP) is 0.963. The number of aliphatic hydroxyl groups excluding tert-OH is 1. The number of hydrogen-bond acceptors (Lipinski definition) is 4. The molecule has 0 fully saturated rings. The molecule has 1 N–H and O–H groups in total. The SMILES string of the molecule is CN(C)c1cccc(C(O)c2cnnn2C)c1. The van der Waals surface area contributed by atoms with Crippen molar-refractivity contribution < 1.29 is 5.11 Å². The van der Waals surface area contributed by atoms with Crippen molar-refractivity contribution in [2.24, 2.45) is 7.05 Å². The summed E-state index contributed by atoms with van der Waals surface area (Å²) in [5, 5.41) is 17.8. The summed E-state index contributed by atoms with van der Waals surface area (Å²) in [7, 11) is 5.70. The van der Waals surface area contributed by atoms with Gasteiger partial charge in [0.25, 0.3) is 0 Å². The van der Waals surface area contributed by atoms with E-state index in [9.17, 15) is 5.11 Å². The average molecular weight is 232 g/mol. The van der Waals surface area contributed by atoms with E-state index in [0.29, 0.717) is 5.69 Å². The van der Waals surface area contributed by atoms with Crippen LogP contribution in [0.15, 0.2) is 30.5 Å². The summed E-state index contributed by atoms with van der Waals surface area (Å²) in [6.07, 6.45) is 0.877. The van der Waals surface area contributed by atoms with Crippen molar-refractivity contribution in [3.8, 4) is 0 Å². The molecule has 0 amide bonds. The van der Waals surface area contributed by atoms with Crippen LogP contribution in [0, 0.1) is 0 Å². The van der Waals surface area contributed by atoms with Crippen molar-refractivity contribution >= 4 is 5.69 Å². The Morgan fingerprint density at radius 2 is 2.12 bits per heavy atom. The van der Waals surface area contributed by atoms with Crippen molar-refractivity contribution in [2.45, 2.75) is 6.10 Å². The first-order valence-electron chi connectivity index (χ1n) is 5.39. The molecule has 0 saturated heterocycles. The molecule has 1 atom stereocenters. The fraction of sp³-hybridized carbons (Fsp3) is 0.333. The van der Waals surface area contributed by atoms with Crippen LogP contribution in [-0.4, -0.2) is 34.2 Å². The minimum absolute atomic E-state index is 0.681. The predicted molar refractivity (Wildman–Crippen MR) is 65.8 cm³/mol. The van der Waals surface area contributed by atoms with Crippen LogP contribution in [0.2, 0.25) is 0 Å². The van der Waals surface area contributed by atoms with Crippen LogP contribution in [-0.2, 0) is 7.05 Å². The minimum Gasteiger partial charge on any atom is -0.382 e. The second-order valence-corrected chi connectivity index (χ2v) is 4.17. The summed E-state index contributed by atoms with van der Waals surface area (Å²) in [6.45, 7) is 0. The molecule has 1 aromatic carbocycles. The Hall–Kier alpha value is -1.88. The molecule has 1 heterocycles. The highest BCUT2D eigenvalue weighted by Gasteiger charge is 2.15. The molecule has 1 aromatic heterocycles. The lowest BCUT2D eigenvalue weighted by atomic mass is 10.1. The molecule has 0 aliphatic heterocycles. The van der Waals surface area contributed by atoms with E-state index in [-0.39, 0.29) is 0 Å². The van der Waals surface area contributed by atoms with Crippen molar-refractivity contribution in [1.29, 1.82) is 0 Å². The highest BCUT2D eigenvalue weighted by molar-refractivity contribution is 5.48. The van der Waals surface area contributed by atoms with Gasteiger partial charge in [0, 0.05) is 26.8 Å². The summed E-state index contributed by atoms with van der Waals surface area (Å²) < 4.78 is 1.58. The zero-order valence-corrected chi connectivity index (χ0v) is 10.2. The maximum atomic E-state index is 10.2. The number of aliphatic hydroxyl groups is 1. The number of nitrogens with zero attached hydrogens (tertiary/aromatic N) is 4. The molecule has 5 nitrogen and oxygen atoms in total. The molecule has 5 heteroatoms. The maximum absolute atomic E-state index is 10.2. The van der Waals surface area contributed by atoms with Gasteiger partial charge in [0.05, 0.1) is 11.9 Å². The Morgan fingerprint density at radius 3 is 2.71 bits per heavy atom. The molecule has 17 heavy (non-hydrogen) atoms. The van der Waals surface area contributed by atoms with Gasteiger partial charge in [-0.3, -0.25) is 0 Å². The molecule has 2 rings (SSSR count). The van der Waals surface area contributed by atoms with E-state index in [0.717, 1.165) is 11.3 Å². The topological polar surface area (TPSA) is 54.2 Å². The van der Waals surface area contributed by atoms with E-state index in [1.54, 1.807) is 17.9 Å². The van der Waals surface area contributed by atoms with E-state index in [2.05, 4.69) is 10.3 Å². The third-order valence-corrected chi connectivity index (χ3v) is 2.73. The van der Waals surface area contributed by atoms with Crippen molar-refractivity contribution in [2.75, 3.05) is 19.0 Å². The molecule has 0 bridgehead atoms. The molecular formula is C12H16N4O. The summed E-state index contributed by atoms with van der Waals surface area (Å²) in [5.74, 6) is 0. The van der Waals surface area contributed by atoms with Crippen LogP contribution in [0.1, 0.15) is 17.4 Å². The van der Waals surface area contributed by atoms with Crippen molar-refractivity contribution in [3.05, 3.63) is 41.7 Å². The smallest absolute Gasteiger partial charge is 0.122 e. The summed E-state index contributed by atoms with van der Waals surface area (Å²) in [6, 6.07) is 7.78. The summed E-state index contributed by atoms with van der Waals surface area (Å²) in [5.41, 5.74) is 2.57. The molecule has 0 saturated carbocycles. The number of aryl methyl sites for hydroxylation is 1. The van der Waals surface area contributed by atoms with Gasteiger partial charge in [0.2, 0.25) is 0 Å². The van der Waals surface area contributed by atoms with Gasteiger partial charge >= 0.3 is 0 Å². The zero-order chi connectivity index (χ0) is 12.4. The van der Waals surface area contributed by atoms with Crippen LogP contribution in [0.25, 0.3) is 0 Å². The first kappa shape index (κ1) is 11.6. The zero-order valence-electron chi connectivity index (χ0n) is 10.2. The van der Waals surface area contributed by atoms with E-state index >= 15 is 0 Å². The first-order valence-corrected chi connectivity index (χ1v) is 5.39. The second kappa shape index (κ2) is 4.55. The molecule has 0 aliphatic rings. The molecule has 1 unspecified atom stereocenters. The first-order chi connectivity index (χ1) is 8.09. The maximum Gasteiger partial charge on any atom is 0.122 e. The molecule has 0 radical (unpaired) electrons. The highest BCUT2D eigenvalue weighted by atomic mass is 16.3. The number of aromatic nitrogens is 3. The van der Waals surface area contributed by atoms with Gasteiger partial charge in [0.1, 0.15) is 6.10 Å². The molecule has 0 spiro atoms. The van der Waals surface area contributed by atoms with Crippen LogP contribution in [0.4, 0.5) is 5.69 Å². The van der Waals surface area contributed by atoms with Gasteiger partial charge in [-0.25, -0.2) is 4.68 Å². The van der Waals surface area contributed by atoms with E-state index in [1.807, 2.05) is 43.3 Å². The Kier molecular flexibility index (Phi) is 3.10. The Morgan fingerprint density at radius 1 is 1.35 bits per heavy atom. The van der Waals surface area contributed by atoms with Gasteiger partial charge in [0.15, 0.2) is 0 Å². The minimum atomic E-state index is -0.699. The standard InChI is InChI=1S/C12H16N4O/c1-15(2)10-6-4-5-9(7-10)12(17)11-8-13-14-16(11)3/h4-8,12,17H,1-3H3. The van der Waals surface area contributed by atoms with Crippen molar-refractivity contribution in [3.63, 3.8) is 0 Å². The molecule has 90 valence electrons. The number of rotatable bonds is 3. The number of benzene rings is 1. The largest absolute Gasteiger partial charge is 0.382 e. The Labute approximate surface area is 100 Å². The third kappa shape index (κ3) is 2.29. The van der Waals surface area contributed by atoms with Gasteiger partial charge in [-0.2, -0.15) is 0 Å². The quantitative estimate of drug-likeness (QED) is 0.856. The molecule has 2 aromatic rings. The summed E-state index contributed by atoms with van der Waals surface area (Å²) in [4.78, 5) is 2.00. The molecule has 0 aliphatic carbocycles. The fourth-order valence-corrected chi connectivity index (χ4v) is 1.69. The third-order valence-electron chi connectivity index (χ3n) is 2.73. The van der Waals surface area contributed by atoms with Crippen LogP contribution in [0.5, 0.6) is 0 Å². The van der Waals surface area contributed by atoms with Crippen LogP contribution >= 0.6 is 0 Å². The Bertz CT molecular complexity index is 507. The monoisotopic (exact) mass is 232 g/mol. The Balaban J connectivity index is 2.34. The lowest BCUT2D eigenvalue weighted by Gasteiger charge is -2.16. The van der Waals surface area contributed by atoms with Gasteiger partial charge in [-0.15, -0.1) is 5.10 Å². The number of hydrogen-bond donors (Lipinski definition) is 1. The van der Waals surface area contributed by atoms with Crippen LogP contribution < -0.4 is 4.90 Å². The summed E-state index contributed by atoms with van der Waals surface area (Å²) >= 11 is 0. The van der Waals surface area contributed by atoms with Gasteiger partial charge < -0.3 is 10.0 Å².